The third kappa shape index (κ3) is 3.49. The summed E-state index contributed by atoms with van der Waals surface area (Å²) in [6.45, 7) is 0.339. The fraction of sp³-hybridized carbons (Fsp3) is 0.200. The average Bonchev–Trinajstić information content (AvgIpc) is 2.46. The monoisotopic (exact) mass is 322 g/mol. The Morgan fingerprint density at radius 2 is 1.89 bits per heavy atom. The zero-order valence-corrected chi connectivity index (χ0v) is 12.2. The van der Waals surface area contributed by atoms with Crippen LogP contribution in [0.5, 0.6) is 11.5 Å². The molecule has 4 heteroatoms. The second kappa shape index (κ2) is 6.59. The molecular weight excluding hydrogens is 308 g/mol. The number of halogens is 1. The summed E-state index contributed by atoms with van der Waals surface area (Å²) in [6, 6.07) is 13.5. The Morgan fingerprint density at radius 3 is 2.53 bits per heavy atom. The van der Waals surface area contributed by atoms with Gasteiger partial charge in [-0.05, 0) is 17.7 Å². The summed E-state index contributed by atoms with van der Waals surface area (Å²) in [7, 11) is 1.58. The zero-order chi connectivity index (χ0) is 13.7. The molecule has 100 valence electrons. The van der Waals surface area contributed by atoms with Gasteiger partial charge in [0.2, 0.25) is 0 Å². The molecule has 0 aliphatic rings. The lowest BCUT2D eigenvalue weighted by molar-refractivity contribution is 0.249. The van der Waals surface area contributed by atoms with Gasteiger partial charge in [-0.15, -0.1) is 0 Å². The van der Waals surface area contributed by atoms with E-state index in [-0.39, 0.29) is 6.61 Å². The molecule has 3 nitrogen and oxygen atoms in total. The first kappa shape index (κ1) is 13.9. The van der Waals surface area contributed by atoms with Crippen molar-refractivity contribution in [2.45, 2.75) is 13.2 Å². The van der Waals surface area contributed by atoms with Gasteiger partial charge in [0.1, 0.15) is 6.61 Å². The highest BCUT2D eigenvalue weighted by molar-refractivity contribution is 9.10. The maximum atomic E-state index is 9.40. The molecule has 1 N–H and O–H groups in total. The van der Waals surface area contributed by atoms with E-state index in [0.717, 1.165) is 10.0 Å². The maximum Gasteiger partial charge on any atom is 0.167 e. The third-order valence-electron chi connectivity index (χ3n) is 2.71. The number of ether oxygens (including phenoxy) is 2. The summed E-state index contributed by atoms with van der Waals surface area (Å²) in [4.78, 5) is 0. The molecule has 0 saturated heterocycles. The van der Waals surface area contributed by atoms with Crippen LogP contribution < -0.4 is 9.47 Å². The fourth-order valence-corrected chi connectivity index (χ4v) is 2.27. The molecule has 0 unspecified atom stereocenters. The number of aliphatic hydroxyl groups excluding tert-OH is 1. The number of benzene rings is 2. The largest absolute Gasteiger partial charge is 0.493 e. The van der Waals surface area contributed by atoms with Crippen LogP contribution >= 0.6 is 15.9 Å². The first-order valence-corrected chi connectivity index (χ1v) is 6.68. The van der Waals surface area contributed by atoms with Crippen LogP contribution in [0.3, 0.4) is 0 Å². The summed E-state index contributed by atoms with van der Waals surface area (Å²) in [5, 5.41) is 9.40. The highest BCUT2D eigenvalue weighted by Gasteiger charge is 2.12. The molecule has 0 bridgehead atoms. The molecule has 0 heterocycles. The van der Waals surface area contributed by atoms with Gasteiger partial charge in [-0.2, -0.15) is 0 Å². The van der Waals surface area contributed by atoms with E-state index in [1.165, 1.54) is 0 Å². The molecule has 0 fully saturated rings. The summed E-state index contributed by atoms with van der Waals surface area (Å²) >= 11 is 3.38. The van der Waals surface area contributed by atoms with Crippen molar-refractivity contribution in [2.24, 2.45) is 0 Å². The van der Waals surface area contributed by atoms with Crippen LogP contribution in [0.1, 0.15) is 11.1 Å². The molecule has 19 heavy (non-hydrogen) atoms. The van der Waals surface area contributed by atoms with Gasteiger partial charge in [-0.1, -0.05) is 46.3 Å². The van der Waals surface area contributed by atoms with Crippen LogP contribution in [0.15, 0.2) is 46.9 Å². The molecule has 0 aliphatic heterocycles. The lowest BCUT2D eigenvalue weighted by atomic mass is 10.2. The number of rotatable bonds is 5. The predicted molar refractivity (Wildman–Crippen MR) is 77.4 cm³/mol. The first-order chi connectivity index (χ1) is 9.24. The van der Waals surface area contributed by atoms with Gasteiger partial charge in [0, 0.05) is 10.0 Å². The topological polar surface area (TPSA) is 38.7 Å². The smallest absolute Gasteiger partial charge is 0.167 e. The molecular formula is C15H15BrO3. The molecule has 0 saturated carbocycles. The Balaban J connectivity index is 2.23. The van der Waals surface area contributed by atoms with Gasteiger partial charge in [0.25, 0.3) is 0 Å². The van der Waals surface area contributed by atoms with Crippen molar-refractivity contribution in [1.29, 1.82) is 0 Å². The Morgan fingerprint density at radius 1 is 1.16 bits per heavy atom. The van der Waals surface area contributed by atoms with Crippen LogP contribution in [-0.2, 0) is 13.2 Å². The Kier molecular flexibility index (Phi) is 4.82. The second-order valence-corrected chi connectivity index (χ2v) is 4.94. The summed E-state index contributed by atoms with van der Waals surface area (Å²) < 4.78 is 11.9. The lowest BCUT2D eigenvalue weighted by Gasteiger charge is -2.14. The van der Waals surface area contributed by atoms with Gasteiger partial charge < -0.3 is 14.6 Å². The fourth-order valence-electron chi connectivity index (χ4n) is 1.79. The SMILES string of the molecule is COc1cc(Br)cc(CO)c1OCc1ccccc1. The van der Waals surface area contributed by atoms with Crippen molar-refractivity contribution < 1.29 is 14.6 Å². The van der Waals surface area contributed by atoms with E-state index in [1.807, 2.05) is 42.5 Å². The molecule has 2 aromatic rings. The van der Waals surface area contributed by atoms with Crippen molar-refractivity contribution in [3.05, 3.63) is 58.1 Å². The van der Waals surface area contributed by atoms with Crippen LogP contribution in [0.25, 0.3) is 0 Å². The van der Waals surface area contributed by atoms with Crippen LogP contribution in [0, 0.1) is 0 Å². The quantitative estimate of drug-likeness (QED) is 0.915. The first-order valence-electron chi connectivity index (χ1n) is 5.88. The van der Waals surface area contributed by atoms with Crippen LogP contribution in [-0.4, -0.2) is 12.2 Å². The molecule has 0 amide bonds. The van der Waals surface area contributed by atoms with Gasteiger partial charge in [-0.3, -0.25) is 0 Å². The van der Waals surface area contributed by atoms with Crippen molar-refractivity contribution in [2.75, 3.05) is 7.11 Å². The second-order valence-electron chi connectivity index (χ2n) is 4.03. The molecule has 0 atom stereocenters. The Labute approximate surface area is 120 Å². The van der Waals surface area contributed by atoms with Gasteiger partial charge in [0.05, 0.1) is 13.7 Å². The van der Waals surface area contributed by atoms with Crippen molar-refractivity contribution >= 4 is 15.9 Å². The summed E-state index contributed by atoms with van der Waals surface area (Å²) in [5.74, 6) is 1.19. The van der Waals surface area contributed by atoms with Crippen LogP contribution in [0.2, 0.25) is 0 Å². The lowest BCUT2D eigenvalue weighted by Crippen LogP contribution is -2.01. The minimum atomic E-state index is -0.0973. The minimum Gasteiger partial charge on any atom is -0.493 e. The zero-order valence-electron chi connectivity index (χ0n) is 10.6. The van der Waals surface area contributed by atoms with Crippen molar-refractivity contribution in [3.8, 4) is 11.5 Å². The standard InChI is InChI=1S/C15H15BrO3/c1-18-14-8-13(16)7-12(9-17)15(14)19-10-11-5-3-2-4-6-11/h2-8,17H,9-10H2,1H3. The number of aliphatic hydroxyl groups is 1. The average molecular weight is 323 g/mol. The Bertz CT molecular complexity index is 515. The number of methoxy groups -OCH3 is 1. The highest BCUT2D eigenvalue weighted by atomic mass is 79.9. The Hall–Kier alpha value is -1.52. The van der Waals surface area contributed by atoms with E-state index < -0.39 is 0 Å². The molecule has 0 aliphatic carbocycles. The highest BCUT2D eigenvalue weighted by Crippen LogP contribution is 2.35. The molecule has 0 spiro atoms. The number of hydrogen-bond acceptors (Lipinski definition) is 3. The van der Waals surface area contributed by atoms with E-state index in [2.05, 4.69) is 15.9 Å². The molecule has 0 aromatic heterocycles. The maximum absolute atomic E-state index is 9.40. The summed E-state index contributed by atoms with van der Waals surface area (Å²) in [5.41, 5.74) is 1.76. The number of hydrogen-bond donors (Lipinski definition) is 1. The van der Waals surface area contributed by atoms with Crippen LogP contribution in [0.4, 0.5) is 0 Å². The normalized spacial score (nSPS) is 10.3. The van der Waals surface area contributed by atoms with E-state index in [4.69, 9.17) is 9.47 Å². The third-order valence-corrected chi connectivity index (χ3v) is 3.17. The predicted octanol–water partition coefficient (Wildman–Crippen LogP) is 3.53. The van der Waals surface area contributed by atoms with Gasteiger partial charge in [-0.25, -0.2) is 0 Å². The van der Waals surface area contributed by atoms with E-state index in [1.54, 1.807) is 7.11 Å². The van der Waals surface area contributed by atoms with E-state index >= 15 is 0 Å². The van der Waals surface area contributed by atoms with Gasteiger partial charge >= 0.3 is 0 Å². The molecule has 0 radical (unpaired) electrons. The van der Waals surface area contributed by atoms with E-state index in [9.17, 15) is 5.11 Å². The van der Waals surface area contributed by atoms with Gasteiger partial charge in [0.15, 0.2) is 11.5 Å². The summed E-state index contributed by atoms with van der Waals surface area (Å²) in [6.07, 6.45) is 0. The van der Waals surface area contributed by atoms with E-state index in [0.29, 0.717) is 23.7 Å². The molecule has 2 aromatic carbocycles. The van der Waals surface area contributed by atoms with Crippen molar-refractivity contribution in [1.82, 2.24) is 0 Å². The minimum absolute atomic E-state index is 0.0973. The van der Waals surface area contributed by atoms with Crippen molar-refractivity contribution in [3.63, 3.8) is 0 Å². The molecule has 2 rings (SSSR count).